The first-order valence-electron chi connectivity index (χ1n) is 9.48. The number of methoxy groups -OCH3 is 1. The van der Waals surface area contributed by atoms with Crippen molar-refractivity contribution in [2.45, 2.75) is 74.1 Å². The Balaban J connectivity index is 1.75. The SMILES string of the molecule is COCO[C@@H]1[C@H]2CC3(CCN2C[C@H]1O[Si](C)(C)C(C)(C)C)SCCS3. The molecule has 0 aromatic heterocycles. The molecule has 3 saturated heterocycles. The quantitative estimate of drug-likeness (QED) is 0.507. The molecule has 0 bridgehead atoms. The Morgan fingerprint density at radius 1 is 1.20 bits per heavy atom. The smallest absolute Gasteiger partial charge is 0.192 e. The van der Waals surface area contributed by atoms with E-state index in [1.54, 1.807) is 7.11 Å². The molecule has 0 aliphatic carbocycles. The number of ether oxygens (including phenoxy) is 2. The maximum Gasteiger partial charge on any atom is 0.192 e. The molecule has 3 fully saturated rings. The van der Waals surface area contributed by atoms with Crippen LogP contribution >= 0.6 is 23.5 Å². The first-order chi connectivity index (χ1) is 11.7. The summed E-state index contributed by atoms with van der Waals surface area (Å²) in [5.41, 5.74) is 0. The van der Waals surface area contributed by atoms with E-state index in [9.17, 15) is 0 Å². The van der Waals surface area contributed by atoms with Gasteiger partial charge in [-0.1, -0.05) is 20.8 Å². The van der Waals surface area contributed by atoms with Gasteiger partial charge in [-0.15, -0.1) is 23.5 Å². The Kier molecular flexibility index (Phi) is 6.26. The summed E-state index contributed by atoms with van der Waals surface area (Å²) >= 11 is 4.35. The van der Waals surface area contributed by atoms with Crippen LogP contribution in [0.25, 0.3) is 0 Å². The minimum atomic E-state index is -1.81. The van der Waals surface area contributed by atoms with Gasteiger partial charge in [0.2, 0.25) is 0 Å². The van der Waals surface area contributed by atoms with Crippen molar-refractivity contribution in [2.24, 2.45) is 0 Å². The van der Waals surface area contributed by atoms with Gasteiger partial charge < -0.3 is 13.9 Å². The average molecular weight is 406 g/mol. The lowest BCUT2D eigenvalue weighted by molar-refractivity contribution is -0.108. The van der Waals surface area contributed by atoms with Crippen molar-refractivity contribution in [2.75, 3.05) is 38.5 Å². The number of hydrogen-bond donors (Lipinski definition) is 0. The number of rotatable bonds is 5. The number of fused-ring (bicyclic) bond motifs is 1. The standard InChI is InChI=1S/C18H35NO3S2Si/c1-17(2,3)25(5,6)22-15-12-19-8-7-18(23-9-10-24-18)11-14(19)16(15)21-13-20-4/h14-16H,7-13H2,1-6H3/t14-,15-,16-/m1/s1. The van der Waals surface area contributed by atoms with E-state index in [0.29, 0.717) is 16.9 Å². The van der Waals surface area contributed by atoms with Crippen LogP contribution in [0.5, 0.6) is 0 Å². The molecular weight excluding hydrogens is 370 g/mol. The van der Waals surface area contributed by atoms with Gasteiger partial charge in [0.05, 0.1) is 10.2 Å². The third-order valence-corrected chi connectivity index (χ3v) is 14.5. The molecule has 3 rings (SSSR count). The third-order valence-electron chi connectivity index (χ3n) is 6.37. The minimum Gasteiger partial charge on any atom is -0.410 e. The fourth-order valence-corrected chi connectivity index (χ4v) is 8.56. The molecule has 3 heterocycles. The van der Waals surface area contributed by atoms with Gasteiger partial charge in [0.15, 0.2) is 8.32 Å². The summed E-state index contributed by atoms with van der Waals surface area (Å²) in [4.78, 5) is 2.63. The molecule has 4 nitrogen and oxygen atoms in total. The Bertz CT molecular complexity index is 466. The van der Waals surface area contributed by atoms with Gasteiger partial charge in [0.1, 0.15) is 12.9 Å². The van der Waals surface area contributed by atoms with Gasteiger partial charge in [0, 0.05) is 37.7 Å². The Morgan fingerprint density at radius 3 is 2.48 bits per heavy atom. The molecule has 0 unspecified atom stereocenters. The second-order valence-electron chi connectivity index (χ2n) is 9.08. The van der Waals surface area contributed by atoms with Crippen molar-refractivity contribution in [1.82, 2.24) is 4.90 Å². The predicted octanol–water partition coefficient (Wildman–Crippen LogP) is 4.02. The molecule has 3 atom stereocenters. The zero-order valence-corrected chi connectivity index (χ0v) is 19.3. The van der Waals surface area contributed by atoms with E-state index in [1.165, 1.54) is 30.9 Å². The summed E-state index contributed by atoms with van der Waals surface area (Å²) in [5.74, 6) is 2.59. The van der Waals surface area contributed by atoms with E-state index in [2.05, 4.69) is 62.3 Å². The highest BCUT2D eigenvalue weighted by molar-refractivity contribution is 8.21. The Morgan fingerprint density at radius 2 is 1.88 bits per heavy atom. The maximum atomic E-state index is 6.82. The number of hydrogen-bond acceptors (Lipinski definition) is 6. The van der Waals surface area contributed by atoms with E-state index < -0.39 is 8.32 Å². The van der Waals surface area contributed by atoms with E-state index in [4.69, 9.17) is 13.9 Å². The average Bonchev–Trinajstić information content (AvgIpc) is 3.09. The molecule has 1 spiro atoms. The first-order valence-corrected chi connectivity index (χ1v) is 14.4. The number of nitrogens with zero attached hydrogens (tertiary/aromatic N) is 1. The van der Waals surface area contributed by atoms with Crippen molar-refractivity contribution in [3.05, 3.63) is 0 Å². The van der Waals surface area contributed by atoms with Crippen molar-refractivity contribution < 1.29 is 13.9 Å². The monoisotopic (exact) mass is 405 g/mol. The van der Waals surface area contributed by atoms with Crippen LogP contribution in [0.15, 0.2) is 0 Å². The van der Waals surface area contributed by atoms with Crippen LogP contribution in [-0.2, 0) is 13.9 Å². The summed E-state index contributed by atoms with van der Waals surface area (Å²) in [5, 5.41) is 0.223. The zero-order chi connectivity index (χ0) is 18.3. The van der Waals surface area contributed by atoms with Crippen LogP contribution in [0, 0.1) is 0 Å². The fourth-order valence-electron chi connectivity index (χ4n) is 3.95. The normalized spacial score (nSPS) is 33.1. The summed E-state index contributed by atoms with van der Waals surface area (Å²) in [6, 6.07) is 0.469. The lowest BCUT2D eigenvalue weighted by Gasteiger charge is -2.42. The van der Waals surface area contributed by atoms with Crippen molar-refractivity contribution in [1.29, 1.82) is 0 Å². The topological polar surface area (TPSA) is 30.9 Å². The van der Waals surface area contributed by atoms with Crippen molar-refractivity contribution in [3.63, 3.8) is 0 Å². The van der Waals surface area contributed by atoms with E-state index >= 15 is 0 Å². The molecule has 0 radical (unpaired) electrons. The fraction of sp³-hybridized carbons (Fsp3) is 1.00. The molecule has 0 N–H and O–H groups in total. The molecule has 7 heteroatoms. The van der Waals surface area contributed by atoms with Gasteiger partial charge in [-0.2, -0.15) is 0 Å². The van der Waals surface area contributed by atoms with Crippen LogP contribution in [-0.4, -0.2) is 74.0 Å². The molecule has 0 saturated carbocycles. The van der Waals surface area contributed by atoms with Crippen LogP contribution in [0.1, 0.15) is 33.6 Å². The second kappa shape index (κ2) is 7.64. The molecule has 25 heavy (non-hydrogen) atoms. The summed E-state index contributed by atoms with van der Waals surface area (Å²) < 4.78 is 18.7. The van der Waals surface area contributed by atoms with Gasteiger partial charge in [-0.25, -0.2) is 0 Å². The summed E-state index contributed by atoms with van der Waals surface area (Å²) in [6.07, 6.45) is 2.82. The van der Waals surface area contributed by atoms with Gasteiger partial charge >= 0.3 is 0 Å². The first kappa shape index (κ1) is 20.5. The zero-order valence-electron chi connectivity index (χ0n) is 16.7. The summed E-state index contributed by atoms with van der Waals surface area (Å²) in [6.45, 7) is 14.2. The number of thioether (sulfide) groups is 2. The Labute approximate surface area is 163 Å². The van der Waals surface area contributed by atoms with Crippen LogP contribution in [0.4, 0.5) is 0 Å². The lowest BCUT2D eigenvalue weighted by Crippen LogP contribution is -2.50. The minimum absolute atomic E-state index is 0.132. The largest absolute Gasteiger partial charge is 0.410 e. The van der Waals surface area contributed by atoms with E-state index in [-0.39, 0.29) is 17.2 Å². The molecular formula is C18H35NO3S2Si. The predicted molar refractivity (Wildman–Crippen MR) is 111 cm³/mol. The van der Waals surface area contributed by atoms with Crippen LogP contribution in [0.2, 0.25) is 18.1 Å². The molecule has 0 aromatic rings. The molecule has 0 aromatic carbocycles. The lowest BCUT2D eigenvalue weighted by atomic mass is 9.99. The van der Waals surface area contributed by atoms with E-state index in [0.717, 1.165) is 6.54 Å². The van der Waals surface area contributed by atoms with E-state index in [1.807, 2.05) is 0 Å². The molecule has 3 aliphatic heterocycles. The summed E-state index contributed by atoms with van der Waals surface area (Å²) in [7, 11) is -0.103. The maximum absolute atomic E-state index is 6.82. The van der Waals surface area contributed by atoms with Gasteiger partial charge in [0.25, 0.3) is 0 Å². The van der Waals surface area contributed by atoms with Gasteiger partial charge in [-0.3, -0.25) is 4.90 Å². The third kappa shape index (κ3) is 4.28. The second-order valence-corrected chi connectivity index (χ2v) is 17.0. The van der Waals surface area contributed by atoms with Gasteiger partial charge in [-0.05, 0) is 31.0 Å². The van der Waals surface area contributed by atoms with Crippen molar-refractivity contribution >= 4 is 31.8 Å². The highest BCUT2D eigenvalue weighted by atomic mass is 32.2. The Hall–Kier alpha value is 0.757. The molecule has 146 valence electrons. The van der Waals surface area contributed by atoms with Crippen LogP contribution < -0.4 is 0 Å². The molecule has 3 aliphatic rings. The highest BCUT2D eigenvalue weighted by Gasteiger charge is 2.53. The highest BCUT2D eigenvalue weighted by Crippen LogP contribution is 2.54. The van der Waals surface area contributed by atoms with Crippen molar-refractivity contribution in [3.8, 4) is 0 Å². The molecule has 0 amide bonds. The van der Waals surface area contributed by atoms with Crippen LogP contribution in [0.3, 0.4) is 0 Å². The number of piperidine rings is 1.